The molecule has 10 nitrogen and oxygen atoms in total. The van der Waals surface area contributed by atoms with Gasteiger partial charge in [0.25, 0.3) is 0 Å². The lowest BCUT2D eigenvalue weighted by Crippen LogP contribution is -2.57. The van der Waals surface area contributed by atoms with Gasteiger partial charge in [-0.25, -0.2) is 0 Å². The molecule has 1 aliphatic rings. The van der Waals surface area contributed by atoms with Crippen molar-refractivity contribution in [2.75, 3.05) is 27.3 Å². The minimum Gasteiger partial charge on any atom is -0.469 e. The van der Waals surface area contributed by atoms with Crippen LogP contribution >= 0.6 is 0 Å². The number of rotatable bonds is 6. The number of carbonyl (C=O) groups is 2. The summed E-state index contributed by atoms with van der Waals surface area (Å²) in [6.45, 7) is 0.0464. The number of carbonyl (C=O) groups excluding carboxylic acids is 2. The van der Waals surface area contributed by atoms with Gasteiger partial charge in [-0.05, 0) is 22.9 Å². The Morgan fingerprint density at radius 3 is 1.55 bits per heavy atom. The van der Waals surface area contributed by atoms with Crippen LogP contribution in [0.5, 0.6) is 0 Å². The van der Waals surface area contributed by atoms with E-state index in [1.165, 1.54) is 14.2 Å². The van der Waals surface area contributed by atoms with Crippen molar-refractivity contribution in [2.24, 2.45) is 33.9 Å². The van der Waals surface area contributed by atoms with Gasteiger partial charge in [0.15, 0.2) is 0 Å². The number of esters is 2. The second-order valence-corrected chi connectivity index (χ2v) is 4.25. The number of ether oxygens (including phenoxy) is 2. The van der Waals surface area contributed by atoms with E-state index in [1.807, 2.05) is 0 Å². The van der Waals surface area contributed by atoms with Gasteiger partial charge >= 0.3 is 11.9 Å². The maximum atomic E-state index is 11.7. The van der Waals surface area contributed by atoms with Gasteiger partial charge in [0.2, 0.25) is 0 Å². The standard InChI is InChI=1S/C10H14N6O4/c1-19-9(17)7-5(3-13-15-11)6(4-14-16-12)8(7)10(18)20-2/h5-8H,3-4H2,1-2H3/t5-,6-,7-,8+/m0/s1. The van der Waals surface area contributed by atoms with E-state index in [4.69, 9.17) is 11.1 Å². The highest BCUT2D eigenvalue weighted by atomic mass is 16.5. The molecule has 1 fully saturated rings. The van der Waals surface area contributed by atoms with Gasteiger partial charge in [0.1, 0.15) is 0 Å². The summed E-state index contributed by atoms with van der Waals surface area (Å²) < 4.78 is 9.31. The molecule has 0 bridgehead atoms. The topological polar surface area (TPSA) is 150 Å². The number of methoxy groups -OCH3 is 2. The second-order valence-electron chi connectivity index (χ2n) is 4.25. The lowest BCUT2D eigenvalue weighted by atomic mass is 9.56. The molecule has 0 N–H and O–H groups in total. The highest BCUT2D eigenvalue weighted by molar-refractivity contribution is 5.84. The van der Waals surface area contributed by atoms with Gasteiger partial charge in [0.05, 0.1) is 26.1 Å². The van der Waals surface area contributed by atoms with Crippen molar-refractivity contribution in [3.63, 3.8) is 0 Å². The predicted octanol–water partition coefficient (Wildman–Crippen LogP) is 1.43. The summed E-state index contributed by atoms with van der Waals surface area (Å²) in [5.74, 6) is -3.47. The van der Waals surface area contributed by atoms with E-state index >= 15 is 0 Å². The largest absolute Gasteiger partial charge is 0.469 e. The van der Waals surface area contributed by atoms with Crippen LogP contribution < -0.4 is 0 Å². The zero-order valence-corrected chi connectivity index (χ0v) is 11.0. The first kappa shape index (κ1) is 15.6. The highest BCUT2D eigenvalue weighted by Gasteiger charge is 2.57. The van der Waals surface area contributed by atoms with Gasteiger partial charge < -0.3 is 9.47 Å². The van der Waals surface area contributed by atoms with Crippen LogP contribution in [0.2, 0.25) is 0 Å². The minimum atomic E-state index is -0.753. The summed E-state index contributed by atoms with van der Waals surface area (Å²) in [6.07, 6.45) is 0. The first-order valence-electron chi connectivity index (χ1n) is 5.79. The quantitative estimate of drug-likeness (QED) is 0.313. The fourth-order valence-electron chi connectivity index (χ4n) is 2.59. The second kappa shape index (κ2) is 7.22. The summed E-state index contributed by atoms with van der Waals surface area (Å²) >= 11 is 0. The molecule has 108 valence electrons. The Kier molecular flexibility index (Phi) is 5.64. The molecule has 4 atom stereocenters. The van der Waals surface area contributed by atoms with Gasteiger partial charge in [-0.3, -0.25) is 9.59 Å². The first-order valence-corrected chi connectivity index (χ1v) is 5.79. The van der Waals surface area contributed by atoms with Crippen molar-refractivity contribution >= 4 is 11.9 Å². The fraction of sp³-hybridized carbons (Fsp3) is 0.800. The molecule has 0 heterocycles. The Morgan fingerprint density at radius 1 is 0.950 bits per heavy atom. The monoisotopic (exact) mass is 282 g/mol. The molecular formula is C10H14N6O4. The third-order valence-corrected chi connectivity index (χ3v) is 3.52. The van der Waals surface area contributed by atoms with E-state index in [-0.39, 0.29) is 13.1 Å². The fourth-order valence-corrected chi connectivity index (χ4v) is 2.59. The van der Waals surface area contributed by atoms with Crippen LogP contribution in [0.3, 0.4) is 0 Å². The first-order chi connectivity index (χ1) is 9.62. The maximum absolute atomic E-state index is 11.7. The number of azide groups is 2. The van der Waals surface area contributed by atoms with Crippen molar-refractivity contribution in [3.8, 4) is 0 Å². The lowest BCUT2D eigenvalue weighted by Gasteiger charge is -2.47. The maximum Gasteiger partial charge on any atom is 0.309 e. The molecule has 0 aromatic rings. The smallest absolute Gasteiger partial charge is 0.309 e. The summed E-state index contributed by atoms with van der Waals surface area (Å²) in [5, 5.41) is 6.85. The molecule has 0 amide bonds. The Balaban J connectivity index is 3.01. The van der Waals surface area contributed by atoms with Crippen LogP contribution in [0, 0.1) is 23.7 Å². The molecular weight excluding hydrogens is 268 g/mol. The molecule has 0 radical (unpaired) electrons. The Hall–Kier alpha value is -2.44. The van der Waals surface area contributed by atoms with E-state index in [1.54, 1.807) is 0 Å². The summed E-state index contributed by atoms with van der Waals surface area (Å²) in [5.41, 5.74) is 16.7. The molecule has 0 saturated heterocycles. The van der Waals surface area contributed by atoms with Crippen molar-refractivity contribution < 1.29 is 19.1 Å². The number of hydrogen-bond donors (Lipinski definition) is 0. The van der Waals surface area contributed by atoms with Gasteiger partial charge in [-0.15, -0.1) is 0 Å². The van der Waals surface area contributed by atoms with E-state index in [0.717, 1.165) is 0 Å². The molecule has 0 aliphatic heterocycles. The Bertz CT molecular complexity index is 438. The van der Waals surface area contributed by atoms with Crippen LogP contribution in [-0.4, -0.2) is 39.2 Å². The molecule has 0 aromatic heterocycles. The Morgan fingerprint density at radius 2 is 1.30 bits per heavy atom. The van der Waals surface area contributed by atoms with Crippen LogP contribution in [0.15, 0.2) is 10.2 Å². The zero-order chi connectivity index (χ0) is 15.1. The van der Waals surface area contributed by atoms with Crippen molar-refractivity contribution in [2.45, 2.75) is 0 Å². The SMILES string of the molecule is COC(=O)[C@@H]1[C@@H](CN=[N+]=[N-])[C@H](CN=[N+]=[N-])[C@@H]1C(=O)OC. The molecule has 10 heteroatoms. The van der Waals surface area contributed by atoms with E-state index in [9.17, 15) is 9.59 Å². The normalized spacial score (nSPS) is 27.3. The summed E-state index contributed by atoms with van der Waals surface area (Å²) in [6, 6.07) is 0. The highest BCUT2D eigenvalue weighted by Crippen LogP contribution is 2.48. The van der Waals surface area contributed by atoms with Crippen LogP contribution in [0.25, 0.3) is 20.9 Å². The lowest BCUT2D eigenvalue weighted by molar-refractivity contribution is -0.177. The van der Waals surface area contributed by atoms with Crippen LogP contribution in [0.1, 0.15) is 0 Å². The van der Waals surface area contributed by atoms with Gasteiger partial charge in [-0.1, -0.05) is 10.2 Å². The van der Waals surface area contributed by atoms with Crippen LogP contribution in [0.4, 0.5) is 0 Å². The summed E-state index contributed by atoms with van der Waals surface area (Å²) in [7, 11) is 2.42. The molecule has 0 spiro atoms. The average molecular weight is 282 g/mol. The van der Waals surface area contributed by atoms with Crippen molar-refractivity contribution in [1.82, 2.24) is 0 Å². The molecule has 1 rings (SSSR count). The van der Waals surface area contributed by atoms with Crippen LogP contribution in [-0.2, 0) is 19.1 Å². The van der Waals surface area contributed by atoms with Gasteiger partial charge in [-0.2, -0.15) is 0 Å². The molecule has 0 aromatic carbocycles. The predicted molar refractivity (Wildman–Crippen MR) is 66.0 cm³/mol. The molecule has 20 heavy (non-hydrogen) atoms. The average Bonchev–Trinajstić information content (AvgIpc) is 2.45. The third kappa shape index (κ3) is 2.93. The molecule has 0 unspecified atom stereocenters. The number of hydrogen-bond acceptors (Lipinski definition) is 6. The molecule has 1 saturated carbocycles. The van der Waals surface area contributed by atoms with E-state index < -0.39 is 35.6 Å². The minimum absolute atomic E-state index is 0.0232. The van der Waals surface area contributed by atoms with E-state index in [0.29, 0.717) is 0 Å². The number of nitrogens with zero attached hydrogens (tertiary/aromatic N) is 6. The van der Waals surface area contributed by atoms with E-state index in [2.05, 4.69) is 29.5 Å². The van der Waals surface area contributed by atoms with Crippen molar-refractivity contribution in [1.29, 1.82) is 0 Å². The Labute approximate surface area is 114 Å². The third-order valence-electron chi connectivity index (χ3n) is 3.52. The van der Waals surface area contributed by atoms with Crippen molar-refractivity contribution in [3.05, 3.63) is 20.9 Å². The summed E-state index contributed by atoms with van der Waals surface area (Å²) in [4.78, 5) is 28.8. The van der Waals surface area contributed by atoms with Gasteiger partial charge in [0, 0.05) is 22.9 Å². The zero-order valence-electron chi connectivity index (χ0n) is 11.0. The molecule has 1 aliphatic carbocycles.